The quantitative estimate of drug-likeness (QED) is 0.646. The lowest BCUT2D eigenvalue weighted by Crippen LogP contribution is -2.40. The molecule has 4 nitrogen and oxygen atoms in total. The van der Waals surface area contributed by atoms with Gasteiger partial charge < -0.3 is 15.1 Å². The minimum atomic E-state index is 0.628. The maximum Gasteiger partial charge on any atom is 0.193 e. The smallest absolute Gasteiger partial charge is 0.193 e. The summed E-state index contributed by atoms with van der Waals surface area (Å²) in [5, 5.41) is 3.45. The van der Waals surface area contributed by atoms with Crippen molar-refractivity contribution in [3.8, 4) is 0 Å². The van der Waals surface area contributed by atoms with E-state index in [9.17, 15) is 0 Å². The van der Waals surface area contributed by atoms with E-state index in [2.05, 4.69) is 66.3 Å². The first-order valence-electron chi connectivity index (χ1n) is 8.51. The number of hydrogen-bond acceptors (Lipinski definition) is 2. The Kier molecular flexibility index (Phi) is 6.72. The predicted molar refractivity (Wildman–Crippen MR) is 94.5 cm³/mol. The zero-order valence-corrected chi connectivity index (χ0v) is 14.3. The topological polar surface area (TPSA) is 30.9 Å². The molecule has 4 heteroatoms. The lowest BCUT2D eigenvalue weighted by molar-refractivity contribution is 0.362. The zero-order chi connectivity index (χ0) is 15.8. The summed E-state index contributed by atoms with van der Waals surface area (Å²) < 4.78 is 0. The summed E-state index contributed by atoms with van der Waals surface area (Å²) in [4.78, 5) is 9.51. The summed E-state index contributed by atoms with van der Waals surface area (Å²) in [7, 11) is 2.14. The van der Waals surface area contributed by atoms with Crippen LogP contribution < -0.4 is 5.32 Å². The first-order valence-corrected chi connectivity index (χ1v) is 8.51. The molecule has 1 aliphatic rings. The molecule has 0 bridgehead atoms. The molecule has 1 N–H and O–H groups in total. The summed E-state index contributed by atoms with van der Waals surface area (Å²) in [5.41, 5.74) is 1.45. The second kappa shape index (κ2) is 8.79. The molecule has 0 radical (unpaired) electrons. The van der Waals surface area contributed by atoms with Crippen LogP contribution in [0, 0.1) is 0 Å². The van der Waals surface area contributed by atoms with Crippen LogP contribution >= 0.6 is 0 Å². The highest BCUT2D eigenvalue weighted by Crippen LogP contribution is 2.26. The van der Waals surface area contributed by atoms with Crippen LogP contribution in [0.2, 0.25) is 0 Å². The van der Waals surface area contributed by atoms with E-state index in [-0.39, 0.29) is 0 Å². The fourth-order valence-corrected chi connectivity index (χ4v) is 2.86. The minimum absolute atomic E-state index is 0.628. The van der Waals surface area contributed by atoms with Crippen LogP contribution in [-0.2, 0) is 0 Å². The molecular formula is C18H30N4. The molecule has 2 rings (SSSR count). The monoisotopic (exact) mass is 302 g/mol. The molecule has 1 saturated heterocycles. The van der Waals surface area contributed by atoms with Crippen molar-refractivity contribution in [1.82, 2.24) is 15.1 Å². The van der Waals surface area contributed by atoms with Crippen molar-refractivity contribution in [2.45, 2.75) is 26.2 Å². The van der Waals surface area contributed by atoms with Gasteiger partial charge in [-0.1, -0.05) is 37.3 Å². The summed E-state index contributed by atoms with van der Waals surface area (Å²) in [5.74, 6) is 1.70. The Morgan fingerprint density at radius 2 is 2.09 bits per heavy atom. The maximum atomic E-state index is 4.80. The number of aliphatic imine (C=N–C) groups is 1. The van der Waals surface area contributed by atoms with Gasteiger partial charge in [0.25, 0.3) is 0 Å². The van der Waals surface area contributed by atoms with Gasteiger partial charge in [-0.3, -0.25) is 4.99 Å². The highest BCUT2D eigenvalue weighted by atomic mass is 15.3. The molecule has 1 aromatic carbocycles. The van der Waals surface area contributed by atoms with Crippen molar-refractivity contribution in [2.75, 3.05) is 46.3 Å². The van der Waals surface area contributed by atoms with E-state index in [4.69, 9.17) is 4.99 Å². The molecule has 0 aliphatic carbocycles. The molecule has 1 heterocycles. The molecule has 1 fully saturated rings. The maximum absolute atomic E-state index is 4.80. The van der Waals surface area contributed by atoms with Gasteiger partial charge in [-0.15, -0.1) is 0 Å². The van der Waals surface area contributed by atoms with Crippen molar-refractivity contribution in [3.05, 3.63) is 35.9 Å². The number of likely N-dealkylation sites (tertiary alicyclic amines) is 1. The van der Waals surface area contributed by atoms with Gasteiger partial charge in [0.1, 0.15) is 0 Å². The normalized spacial score (nSPS) is 19.0. The standard InChI is InChI=1S/C18H30N4/c1-4-19-18(20-12-14-21(3)5-2)22-13-11-17(15-22)16-9-7-6-8-10-16/h6-10,17H,4-5,11-15H2,1-3H3,(H,19,20). The fourth-order valence-electron chi connectivity index (χ4n) is 2.86. The van der Waals surface area contributed by atoms with Gasteiger partial charge in [0.15, 0.2) is 5.96 Å². The third-order valence-corrected chi connectivity index (χ3v) is 4.38. The van der Waals surface area contributed by atoms with Crippen LogP contribution in [0.4, 0.5) is 0 Å². The number of hydrogen-bond donors (Lipinski definition) is 1. The summed E-state index contributed by atoms with van der Waals surface area (Å²) in [6.07, 6.45) is 1.21. The van der Waals surface area contributed by atoms with E-state index in [1.54, 1.807) is 0 Å². The number of benzene rings is 1. The molecule has 1 aromatic rings. The zero-order valence-electron chi connectivity index (χ0n) is 14.3. The van der Waals surface area contributed by atoms with Crippen molar-refractivity contribution in [2.24, 2.45) is 4.99 Å². The molecule has 0 saturated carbocycles. The molecule has 1 atom stereocenters. The van der Waals surface area contributed by atoms with E-state index >= 15 is 0 Å². The Balaban J connectivity index is 1.93. The van der Waals surface area contributed by atoms with E-state index < -0.39 is 0 Å². The molecule has 1 aliphatic heterocycles. The second-order valence-corrected chi connectivity index (χ2v) is 5.97. The fraction of sp³-hybridized carbons (Fsp3) is 0.611. The Morgan fingerprint density at radius 3 is 2.77 bits per heavy atom. The molecule has 22 heavy (non-hydrogen) atoms. The molecular weight excluding hydrogens is 272 g/mol. The number of nitrogens with zero attached hydrogens (tertiary/aromatic N) is 3. The Morgan fingerprint density at radius 1 is 1.32 bits per heavy atom. The summed E-state index contributed by atoms with van der Waals surface area (Å²) >= 11 is 0. The number of nitrogens with one attached hydrogen (secondary N) is 1. The summed E-state index contributed by atoms with van der Waals surface area (Å²) in [6, 6.07) is 10.9. The first kappa shape index (κ1) is 16.8. The van der Waals surface area contributed by atoms with Crippen molar-refractivity contribution >= 4 is 5.96 Å². The summed E-state index contributed by atoms with van der Waals surface area (Å²) in [6.45, 7) is 10.4. The highest BCUT2D eigenvalue weighted by Gasteiger charge is 2.25. The Labute approximate surface area is 135 Å². The third-order valence-electron chi connectivity index (χ3n) is 4.38. The lowest BCUT2D eigenvalue weighted by atomic mass is 9.99. The number of likely N-dealkylation sites (N-methyl/N-ethyl adjacent to an activating group) is 1. The predicted octanol–water partition coefficient (Wildman–Crippen LogP) is 2.39. The van der Waals surface area contributed by atoms with E-state index in [1.807, 2.05) is 0 Å². The van der Waals surface area contributed by atoms with Gasteiger partial charge in [0, 0.05) is 32.1 Å². The van der Waals surface area contributed by atoms with Crippen LogP contribution in [-0.4, -0.2) is 62.1 Å². The highest BCUT2D eigenvalue weighted by molar-refractivity contribution is 5.80. The Bertz CT molecular complexity index is 457. The van der Waals surface area contributed by atoms with E-state index in [0.29, 0.717) is 5.92 Å². The Hall–Kier alpha value is -1.55. The number of rotatable bonds is 6. The molecule has 0 spiro atoms. The third kappa shape index (κ3) is 4.73. The van der Waals surface area contributed by atoms with Gasteiger partial charge in [-0.25, -0.2) is 0 Å². The molecule has 122 valence electrons. The molecule has 0 amide bonds. The van der Waals surface area contributed by atoms with Crippen LogP contribution in [0.3, 0.4) is 0 Å². The number of guanidine groups is 1. The lowest BCUT2D eigenvalue weighted by Gasteiger charge is -2.22. The van der Waals surface area contributed by atoms with Gasteiger partial charge in [0.2, 0.25) is 0 Å². The van der Waals surface area contributed by atoms with E-state index in [1.165, 1.54) is 12.0 Å². The van der Waals surface area contributed by atoms with Crippen LogP contribution in [0.5, 0.6) is 0 Å². The van der Waals surface area contributed by atoms with Gasteiger partial charge in [-0.2, -0.15) is 0 Å². The van der Waals surface area contributed by atoms with Crippen LogP contribution in [0.15, 0.2) is 35.3 Å². The van der Waals surface area contributed by atoms with Crippen LogP contribution in [0.25, 0.3) is 0 Å². The van der Waals surface area contributed by atoms with Gasteiger partial charge in [-0.05, 0) is 32.5 Å². The van der Waals surface area contributed by atoms with Gasteiger partial charge in [0.05, 0.1) is 6.54 Å². The second-order valence-electron chi connectivity index (χ2n) is 5.97. The molecule has 1 unspecified atom stereocenters. The van der Waals surface area contributed by atoms with Crippen molar-refractivity contribution in [1.29, 1.82) is 0 Å². The van der Waals surface area contributed by atoms with Crippen LogP contribution in [0.1, 0.15) is 31.7 Å². The minimum Gasteiger partial charge on any atom is -0.357 e. The van der Waals surface area contributed by atoms with Gasteiger partial charge >= 0.3 is 0 Å². The average molecular weight is 302 g/mol. The van der Waals surface area contributed by atoms with Crippen molar-refractivity contribution in [3.63, 3.8) is 0 Å². The SMILES string of the molecule is CCNC(=NCCN(C)CC)N1CCC(c2ccccc2)C1. The molecule has 0 aromatic heterocycles. The van der Waals surface area contributed by atoms with E-state index in [0.717, 1.165) is 45.2 Å². The van der Waals surface area contributed by atoms with Crippen molar-refractivity contribution < 1.29 is 0 Å². The first-order chi connectivity index (χ1) is 10.7. The average Bonchev–Trinajstić information content (AvgIpc) is 3.04. The largest absolute Gasteiger partial charge is 0.357 e.